The first kappa shape index (κ1) is 13.2. The molecule has 84 valence electrons. The molecule has 0 atom stereocenters. The topological polar surface area (TPSA) is 73.9 Å². The molecule has 5 heteroatoms. The van der Waals surface area contributed by atoms with Gasteiger partial charge < -0.3 is 21.2 Å². The molecule has 0 saturated heterocycles. The highest BCUT2D eigenvalue weighted by Gasteiger charge is 1.99. The molecule has 0 radical (unpaired) electrons. The van der Waals surface area contributed by atoms with Crippen molar-refractivity contribution in [2.75, 3.05) is 32.7 Å². The van der Waals surface area contributed by atoms with Crippen molar-refractivity contribution in [1.82, 2.24) is 10.2 Å². The molecule has 0 spiro atoms. The Labute approximate surface area is 86.0 Å². The van der Waals surface area contributed by atoms with E-state index in [-0.39, 0.29) is 5.84 Å². The second kappa shape index (κ2) is 8.77. The Hall–Kier alpha value is -0.810. The molecular formula is C9H22N4O. The maximum absolute atomic E-state index is 8.29. The van der Waals surface area contributed by atoms with Gasteiger partial charge in [0.15, 0.2) is 5.84 Å². The summed E-state index contributed by atoms with van der Waals surface area (Å²) in [6, 6.07) is 0. The van der Waals surface area contributed by atoms with Crippen LogP contribution in [0.2, 0.25) is 0 Å². The van der Waals surface area contributed by atoms with E-state index in [1.807, 2.05) is 0 Å². The van der Waals surface area contributed by atoms with Crippen molar-refractivity contribution >= 4 is 5.84 Å². The largest absolute Gasteiger partial charge is 0.409 e. The van der Waals surface area contributed by atoms with Crippen molar-refractivity contribution in [3.05, 3.63) is 0 Å². The third-order valence-corrected chi connectivity index (χ3v) is 2.03. The van der Waals surface area contributed by atoms with Crippen molar-refractivity contribution in [1.29, 1.82) is 0 Å². The molecule has 0 bridgehead atoms. The number of hydrogen-bond acceptors (Lipinski definition) is 4. The summed E-state index contributed by atoms with van der Waals surface area (Å²) >= 11 is 0. The Morgan fingerprint density at radius 3 is 2.64 bits per heavy atom. The van der Waals surface area contributed by atoms with Gasteiger partial charge in [-0.2, -0.15) is 0 Å². The molecule has 0 aromatic rings. The van der Waals surface area contributed by atoms with Gasteiger partial charge in [-0.3, -0.25) is 0 Å². The van der Waals surface area contributed by atoms with E-state index < -0.39 is 0 Å². The predicted molar refractivity (Wildman–Crippen MR) is 58.7 cm³/mol. The number of oxime groups is 1. The fourth-order valence-corrected chi connectivity index (χ4v) is 1.23. The molecule has 0 aromatic heterocycles. The molecule has 0 unspecified atom stereocenters. The van der Waals surface area contributed by atoms with E-state index in [1.54, 1.807) is 0 Å². The van der Waals surface area contributed by atoms with Crippen molar-refractivity contribution in [3.8, 4) is 0 Å². The first-order valence-electron chi connectivity index (χ1n) is 5.14. The van der Waals surface area contributed by atoms with Crippen LogP contribution in [-0.4, -0.2) is 48.7 Å². The minimum Gasteiger partial charge on any atom is -0.409 e. The third-order valence-electron chi connectivity index (χ3n) is 2.03. The lowest BCUT2D eigenvalue weighted by molar-refractivity contribution is 0.289. The Morgan fingerprint density at radius 2 is 2.14 bits per heavy atom. The van der Waals surface area contributed by atoms with E-state index in [2.05, 4.69) is 29.2 Å². The lowest BCUT2D eigenvalue weighted by Gasteiger charge is -2.19. The number of nitrogens with one attached hydrogen (secondary N) is 1. The van der Waals surface area contributed by atoms with Crippen LogP contribution in [0.5, 0.6) is 0 Å². The van der Waals surface area contributed by atoms with Crippen molar-refractivity contribution in [2.24, 2.45) is 10.9 Å². The summed E-state index contributed by atoms with van der Waals surface area (Å²) < 4.78 is 0. The highest BCUT2D eigenvalue weighted by atomic mass is 16.4. The van der Waals surface area contributed by atoms with Gasteiger partial charge in [0.1, 0.15) is 0 Å². The monoisotopic (exact) mass is 202 g/mol. The SMILES string of the molecule is CCCN(CC)CCNCC(N)=NO. The summed E-state index contributed by atoms with van der Waals surface area (Å²) in [7, 11) is 0. The average molecular weight is 202 g/mol. The standard InChI is InChI=1S/C9H22N4O/c1-3-6-13(4-2)7-5-11-8-9(10)12-14/h11,14H,3-8H2,1-2H3,(H2,10,12). The van der Waals surface area contributed by atoms with Gasteiger partial charge in [-0.1, -0.05) is 19.0 Å². The van der Waals surface area contributed by atoms with Gasteiger partial charge in [-0.05, 0) is 19.5 Å². The molecular weight excluding hydrogens is 180 g/mol. The number of likely N-dealkylation sites (N-methyl/N-ethyl adjacent to an activating group) is 1. The van der Waals surface area contributed by atoms with E-state index in [4.69, 9.17) is 10.9 Å². The van der Waals surface area contributed by atoms with Crippen LogP contribution in [-0.2, 0) is 0 Å². The zero-order valence-electron chi connectivity index (χ0n) is 9.16. The zero-order chi connectivity index (χ0) is 10.8. The summed E-state index contributed by atoms with van der Waals surface area (Å²) in [6.07, 6.45) is 1.17. The van der Waals surface area contributed by atoms with E-state index in [0.29, 0.717) is 6.54 Å². The fourth-order valence-electron chi connectivity index (χ4n) is 1.23. The summed E-state index contributed by atoms with van der Waals surface area (Å²) in [5.74, 6) is 0.225. The van der Waals surface area contributed by atoms with Crippen LogP contribution in [0, 0.1) is 0 Å². The lowest BCUT2D eigenvalue weighted by Crippen LogP contribution is -2.36. The second-order valence-corrected chi connectivity index (χ2v) is 3.20. The van der Waals surface area contributed by atoms with Gasteiger partial charge in [0.05, 0.1) is 6.54 Å². The van der Waals surface area contributed by atoms with Gasteiger partial charge in [0.2, 0.25) is 0 Å². The molecule has 0 heterocycles. The van der Waals surface area contributed by atoms with E-state index in [1.165, 1.54) is 6.42 Å². The Kier molecular flexibility index (Phi) is 8.27. The number of nitrogens with two attached hydrogens (primary N) is 1. The quantitative estimate of drug-likeness (QED) is 0.171. The molecule has 14 heavy (non-hydrogen) atoms. The molecule has 0 rings (SSSR count). The number of nitrogens with zero attached hydrogens (tertiary/aromatic N) is 2. The van der Waals surface area contributed by atoms with E-state index in [9.17, 15) is 0 Å². The van der Waals surface area contributed by atoms with Crippen LogP contribution in [0.4, 0.5) is 0 Å². The summed E-state index contributed by atoms with van der Waals surface area (Å²) in [4.78, 5) is 2.36. The van der Waals surface area contributed by atoms with Gasteiger partial charge in [-0.25, -0.2) is 0 Å². The smallest absolute Gasteiger partial charge is 0.153 e. The normalized spacial score (nSPS) is 12.4. The van der Waals surface area contributed by atoms with Crippen LogP contribution in [0.3, 0.4) is 0 Å². The third kappa shape index (κ3) is 6.68. The highest BCUT2D eigenvalue weighted by Crippen LogP contribution is 1.88. The summed E-state index contributed by atoms with van der Waals surface area (Å²) in [6.45, 7) is 8.83. The first-order chi connectivity index (χ1) is 6.74. The molecule has 0 aromatic carbocycles. The lowest BCUT2D eigenvalue weighted by atomic mass is 10.4. The van der Waals surface area contributed by atoms with Gasteiger partial charge >= 0.3 is 0 Å². The molecule has 0 aliphatic rings. The maximum atomic E-state index is 8.29. The maximum Gasteiger partial charge on any atom is 0.153 e. The number of rotatable bonds is 8. The van der Waals surface area contributed by atoms with Crippen molar-refractivity contribution in [2.45, 2.75) is 20.3 Å². The molecule has 5 nitrogen and oxygen atoms in total. The zero-order valence-corrected chi connectivity index (χ0v) is 9.16. The van der Waals surface area contributed by atoms with Crippen LogP contribution >= 0.6 is 0 Å². The second-order valence-electron chi connectivity index (χ2n) is 3.20. The highest BCUT2D eigenvalue weighted by molar-refractivity contribution is 5.81. The van der Waals surface area contributed by atoms with E-state index in [0.717, 1.165) is 26.2 Å². The van der Waals surface area contributed by atoms with Gasteiger partial charge in [0, 0.05) is 13.1 Å². The minimum absolute atomic E-state index is 0.225. The Morgan fingerprint density at radius 1 is 1.43 bits per heavy atom. The van der Waals surface area contributed by atoms with E-state index >= 15 is 0 Å². The van der Waals surface area contributed by atoms with Crippen LogP contribution < -0.4 is 11.1 Å². The Bertz CT molecular complexity index is 161. The molecule has 0 saturated carbocycles. The first-order valence-corrected chi connectivity index (χ1v) is 5.14. The van der Waals surface area contributed by atoms with Crippen molar-refractivity contribution in [3.63, 3.8) is 0 Å². The van der Waals surface area contributed by atoms with Gasteiger partial charge in [0.25, 0.3) is 0 Å². The number of hydrogen-bond donors (Lipinski definition) is 3. The number of amidine groups is 1. The van der Waals surface area contributed by atoms with Crippen molar-refractivity contribution < 1.29 is 5.21 Å². The molecule has 0 fully saturated rings. The van der Waals surface area contributed by atoms with Crippen LogP contribution in [0.15, 0.2) is 5.16 Å². The predicted octanol–water partition coefficient (Wildman–Crippen LogP) is 0.0543. The van der Waals surface area contributed by atoms with Gasteiger partial charge in [-0.15, -0.1) is 0 Å². The van der Waals surface area contributed by atoms with Crippen LogP contribution in [0.25, 0.3) is 0 Å². The summed E-state index contributed by atoms with van der Waals surface area (Å²) in [5, 5.41) is 14.3. The minimum atomic E-state index is 0.225. The Balaban J connectivity index is 3.41. The fraction of sp³-hybridized carbons (Fsp3) is 0.889. The summed E-state index contributed by atoms with van der Waals surface area (Å²) in [5.41, 5.74) is 5.30. The van der Waals surface area contributed by atoms with Crippen LogP contribution in [0.1, 0.15) is 20.3 Å². The molecule has 0 amide bonds. The molecule has 4 N–H and O–H groups in total. The molecule has 0 aliphatic carbocycles. The molecule has 0 aliphatic heterocycles. The average Bonchev–Trinajstić information content (AvgIpc) is 2.22.